The van der Waals surface area contributed by atoms with E-state index < -0.39 is 5.92 Å². The summed E-state index contributed by atoms with van der Waals surface area (Å²) in [7, 11) is 1.59. The molecule has 0 N–H and O–H groups in total. The first-order valence-electron chi connectivity index (χ1n) is 5.17. The Kier molecular flexibility index (Phi) is 3.31. The first-order valence-corrected chi connectivity index (χ1v) is 5.17. The molecule has 0 aliphatic rings. The highest BCUT2D eigenvalue weighted by Crippen LogP contribution is 2.29. The minimum absolute atomic E-state index is 0.458. The predicted molar refractivity (Wildman–Crippen MR) is 62.5 cm³/mol. The number of methoxy groups -OCH3 is 1. The van der Waals surface area contributed by atoms with Crippen molar-refractivity contribution in [3.05, 3.63) is 53.9 Å². The van der Waals surface area contributed by atoms with E-state index in [0.717, 1.165) is 5.56 Å². The molecule has 0 aliphatic heterocycles. The van der Waals surface area contributed by atoms with Crippen LogP contribution in [0, 0.1) is 11.3 Å². The average Bonchev–Trinajstić information content (AvgIpc) is 2.41. The van der Waals surface area contributed by atoms with Gasteiger partial charge in [0, 0.05) is 11.8 Å². The van der Waals surface area contributed by atoms with E-state index in [-0.39, 0.29) is 0 Å². The van der Waals surface area contributed by atoms with Gasteiger partial charge in [-0.15, -0.1) is 0 Å². The second-order valence-corrected chi connectivity index (χ2v) is 3.45. The van der Waals surface area contributed by atoms with Gasteiger partial charge in [0.15, 0.2) is 0 Å². The standard InChI is InChI=1S/C13H11N3O/c1-17-13-7-3-2-5-10(13)11(9-14)12-6-4-8-15-16-12/h2-8,11H,1H3. The van der Waals surface area contributed by atoms with Crippen molar-refractivity contribution < 1.29 is 4.74 Å². The van der Waals surface area contributed by atoms with Crippen LogP contribution in [0.1, 0.15) is 17.2 Å². The summed E-state index contributed by atoms with van der Waals surface area (Å²) in [6, 6.07) is 13.2. The van der Waals surface area contributed by atoms with Crippen LogP contribution in [0.4, 0.5) is 0 Å². The number of benzene rings is 1. The molecule has 0 spiro atoms. The normalized spacial score (nSPS) is 11.5. The molecule has 0 bridgehead atoms. The molecule has 1 atom stereocenters. The Balaban J connectivity index is 2.47. The molecule has 0 aliphatic carbocycles. The van der Waals surface area contributed by atoms with Gasteiger partial charge < -0.3 is 4.74 Å². The van der Waals surface area contributed by atoms with Crippen LogP contribution < -0.4 is 4.74 Å². The topological polar surface area (TPSA) is 58.8 Å². The van der Waals surface area contributed by atoms with Crippen molar-refractivity contribution in [1.29, 1.82) is 5.26 Å². The lowest BCUT2D eigenvalue weighted by Crippen LogP contribution is -2.03. The molecule has 0 fully saturated rings. The maximum Gasteiger partial charge on any atom is 0.123 e. The lowest BCUT2D eigenvalue weighted by Gasteiger charge is -2.12. The zero-order chi connectivity index (χ0) is 12.1. The minimum Gasteiger partial charge on any atom is -0.496 e. The second-order valence-electron chi connectivity index (χ2n) is 3.45. The van der Waals surface area contributed by atoms with E-state index in [9.17, 15) is 5.26 Å². The van der Waals surface area contributed by atoms with Crippen LogP contribution in [0.3, 0.4) is 0 Å². The van der Waals surface area contributed by atoms with Gasteiger partial charge in [-0.05, 0) is 18.2 Å². The molecule has 0 amide bonds. The highest BCUT2D eigenvalue weighted by atomic mass is 16.5. The Bertz CT molecular complexity index is 534. The minimum atomic E-state index is -0.458. The summed E-state index contributed by atoms with van der Waals surface area (Å²) in [6.45, 7) is 0. The van der Waals surface area contributed by atoms with E-state index in [4.69, 9.17) is 4.74 Å². The maximum absolute atomic E-state index is 9.28. The monoisotopic (exact) mass is 225 g/mol. The van der Waals surface area contributed by atoms with Gasteiger partial charge in [0.05, 0.1) is 18.9 Å². The van der Waals surface area contributed by atoms with Crippen molar-refractivity contribution in [3.8, 4) is 11.8 Å². The Labute approximate surface area is 99.5 Å². The number of hydrogen-bond acceptors (Lipinski definition) is 4. The van der Waals surface area contributed by atoms with Crippen molar-refractivity contribution in [2.45, 2.75) is 5.92 Å². The van der Waals surface area contributed by atoms with Gasteiger partial charge in [0.2, 0.25) is 0 Å². The summed E-state index contributed by atoms with van der Waals surface area (Å²) < 4.78 is 5.25. The van der Waals surface area contributed by atoms with Crippen LogP contribution in [0.2, 0.25) is 0 Å². The number of nitrogens with zero attached hydrogens (tertiary/aromatic N) is 3. The number of nitriles is 1. The van der Waals surface area contributed by atoms with E-state index in [1.54, 1.807) is 25.4 Å². The van der Waals surface area contributed by atoms with Crippen molar-refractivity contribution in [2.24, 2.45) is 0 Å². The molecule has 1 heterocycles. The zero-order valence-corrected chi connectivity index (χ0v) is 9.37. The molecule has 17 heavy (non-hydrogen) atoms. The van der Waals surface area contributed by atoms with Crippen LogP contribution >= 0.6 is 0 Å². The number of rotatable bonds is 3. The van der Waals surface area contributed by atoms with Crippen LogP contribution in [0.15, 0.2) is 42.6 Å². The van der Waals surface area contributed by atoms with Crippen LogP contribution in [0.5, 0.6) is 5.75 Å². The quantitative estimate of drug-likeness (QED) is 0.803. The highest BCUT2D eigenvalue weighted by Gasteiger charge is 2.18. The van der Waals surface area contributed by atoms with Crippen molar-refractivity contribution in [3.63, 3.8) is 0 Å². The molecule has 1 aromatic carbocycles. The third-order valence-corrected chi connectivity index (χ3v) is 2.47. The summed E-state index contributed by atoms with van der Waals surface area (Å²) in [5.74, 6) is 0.226. The number of para-hydroxylation sites is 1. The van der Waals surface area contributed by atoms with Gasteiger partial charge in [-0.2, -0.15) is 15.5 Å². The first-order chi connectivity index (χ1) is 8.36. The molecule has 84 valence electrons. The average molecular weight is 225 g/mol. The van der Waals surface area contributed by atoms with E-state index in [0.29, 0.717) is 11.4 Å². The summed E-state index contributed by atoms with van der Waals surface area (Å²) in [4.78, 5) is 0. The fraction of sp³-hybridized carbons (Fsp3) is 0.154. The van der Waals surface area contributed by atoms with E-state index >= 15 is 0 Å². The molecule has 1 aromatic heterocycles. The molecule has 2 aromatic rings. The third kappa shape index (κ3) is 2.23. The SMILES string of the molecule is COc1ccccc1C(C#N)c1cccnn1. The van der Waals surface area contributed by atoms with Crippen LogP contribution in [0.25, 0.3) is 0 Å². The van der Waals surface area contributed by atoms with Crippen molar-refractivity contribution >= 4 is 0 Å². The van der Waals surface area contributed by atoms with Crippen molar-refractivity contribution in [2.75, 3.05) is 7.11 Å². The Hall–Kier alpha value is -2.41. The van der Waals surface area contributed by atoms with E-state index in [1.165, 1.54) is 0 Å². The van der Waals surface area contributed by atoms with Crippen molar-refractivity contribution in [1.82, 2.24) is 10.2 Å². The van der Waals surface area contributed by atoms with Gasteiger partial charge in [-0.25, -0.2) is 0 Å². The Morgan fingerprint density at radius 1 is 1.24 bits per heavy atom. The number of ether oxygens (including phenoxy) is 1. The third-order valence-electron chi connectivity index (χ3n) is 2.47. The van der Waals surface area contributed by atoms with Crippen LogP contribution in [-0.4, -0.2) is 17.3 Å². The fourth-order valence-corrected chi connectivity index (χ4v) is 1.67. The summed E-state index contributed by atoms with van der Waals surface area (Å²) >= 11 is 0. The number of hydrogen-bond donors (Lipinski definition) is 0. The first kappa shape index (κ1) is 11.1. The smallest absolute Gasteiger partial charge is 0.123 e. The van der Waals surface area contributed by atoms with Gasteiger partial charge in [-0.1, -0.05) is 18.2 Å². The molecular formula is C13H11N3O. The van der Waals surface area contributed by atoms with Gasteiger partial charge >= 0.3 is 0 Å². The predicted octanol–water partition coefficient (Wildman–Crippen LogP) is 2.14. The Morgan fingerprint density at radius 3 is 2.71 bits per heavy atom. The molecule has 4 heteroatoms. The molecule has 0 saturated carbocycles. The maximum atomic E-state index is 9.28. The zero-order valence-electron chi connectivity index (χ0n) is 9.37. The summed E-state index contributed by atoms with van der Waals surface area (Å²) in [5, 5.41) is 17.0. The Morgan fingerprint density at radius 2 is 2.06 bits per heavy atom. The molecule has 1 unspecified atom stereocenters. The lowest BCUT2D eigenvalue weighted by atomic mass is 9.96. The van der Waals surface area contributed by atoms with Crippen LogP contribution in [-0.2, 0) is 0 Å². The fourth-order valence-electron chi connectivity index (χ4n) is 1.67. The summed E-state index contributed by atoms with van der Waals surface area (Å²) in [6.07, 6.45) is 1.58. The molecule has 0 saturated heterocycles. The summed E-state index contributed by atoms with van der Waals surface area (Å²) in [5.41, 5.74) is 1.43. The molecular weight excluding hydrogens is 214 g/mol. The lowest BCUT2D eigenvalue weighted by molar-refractivity contribution is 0.409. The largest absolute Gasteiger partial charge is 0.496 e. The van der Waals surface area contributed by atoms with Gasteiger partial charge in [0.25, 0.3) is 0 Å². The second kappa shape index (κ2) is 5.08. The highest BCUT2D eigenvalue weighted by molar-refractivity contribution is 5.43. The molecule has 4 nitrogen and oxygen atoms in total. The molecule has 2 rings (SSSR count). The van der Waals surface area contributed by atoms with E-state index in [2.05, 4.69) is 16.3 Å². The van der Waals surface area contributed by atoms with Gasteiger partial charge in [0.1, 0.15) is 11.7 Å². The van der Waals surface area contributed by atoms with Gasteiger partial charge in [-0.3, -0.25) is 0 Å². The number of aromatic nitrogens is 2. The molecule has 0 radical (unpaired) electrons. The van der Waals surface area contributed by atoms with E-state index in [1.807, 2.05) is 24.3 Å².